The van der Waals surface area contributed by atoms with Crippen LogP contribution < -0.4 is 14.4 Å². The number of benzene rings is 3. The second kappa shape index (κ2) is 8.43. The Kier molecular flexibility index (Phi) is 5.67. The fraction of sp³-hybridized carbons (Fsp3) is 0.200. The van der Waals surface area contributed by atoms with Crippen molar-refractivity contribution in [3.05, 3.63) is 89.2 Å². The highest BCUT2D eigenvalue weighted by atomic mass is 19.1. The van der Waals surface area contributed by atoms with Crippen LogP contribution in [0.25, 0.3) is 0 Å². The van der Waals surface area contributed by atoms with E-state index in [1.54, 1.807) is 54.6 Å². The molecule has 1 N–H and O–H groups in total. The van der Waals surface area contributed by atoms with Crippen LogP contribution in [0.5, 0.6) is 11.5 Å². The zero-order chi connectivity index (χ0) is 22.9. The van der Waals surface area contributed by atoms with E-state index >= 15 is 0 Å². The first-order chi connectivity index (χ1) is 15.4. The van der Waals surface area contributed by atoms with Gasteiger partial charge in [0, 0.05) is 11.6 Å². The Labute approximate surface area is 184 Å². The van der Waals surface area contributed by atoms with E-state index in [2.05, 4.69) is 0 Å². The summed E-state index contributed by atoms with van der Waals surface area (Å²) in [7, 11) is 2.93. The number of ether oxygens (including phenoxy) is 2. The highest BCUT2D eigenvalue weighted by Gasteiger charge is 2.51. The molecule has 1 aliphatic heterocycles. The maximum absolute atomic E-state index is 13.7. The van der Waals surface area contributed by atoms with Gasteiger partial charge in [-0.1, -0.05) is 30.3 Å². The number of hydrogen-bond donors (Lipinski definition) is 1. The molecule has 0 spiro atoms. The van der Waals surface area contributed by atoms with Crippen LogP contribution in [-0.4, -0.2) is 31.0 Å². The number of rotatable bonds is 7. The number of anilines is 1. The van der Waals surface area contributed by atoms with Crippen molar-refractivity contribution in [2.24, 2.45) is 0 Å². The number of methoxy groups -OCH3 is 2. The van der Waals surface area contributed by atoms with Crippen LogP contribution in [0.3, 0.4) is 0 Å². The smallest absolute Gasteiger partial charge is 0.264 e. The number of hydrogen-bond acceptors (Lipinski definition) is 5. The molecular formula is C25H22FNO5. The molecule has 0 fully saturated rings. The molecule has 0 bridgehead atoms. The first-order valence-corrected chi connectivity index (χ1v) is 10.0. The fourth-order valence-corrected chi connectivity index (χ4v) is 4.01. The molecule has 0 radical (unpaired) electrons. The summed E-state index contributed by atoms with van der Waals surface area (Å²) in [6.45, 7) is 0.0654. The van der Waals surface area contributed by atoms with Gasteiger partial charge in [-0.2, -0.15) is 0 Å². The molecule has 0 aliphatic carbocycles. The molecule has 0 aromatic heterocycles. The molecule has 1 amide bonds. The van der Waals surface area contributed by atoms with Gasteiger partial charge < -0.3 is 19.5 Å². The van der Waals surface area contributed by atoms with Gasteiger partial charge in [0.05, 0.1) is 38.4 Å². The van der Waals surface area contributed by atoms with Crippen LogP contribution in [-0.2, 0) is 16.9 Å². The lowest BCUT2D eigenvalue weighted by atomic mass is 9.88. The van der Waals surface area contributed by atoms with E-state index in [1.807, 2.05) is 0 Å². The van der Waals surface area contributed by atoms with Crippen molar-refractivity contribution < 1.29 is 28.6 Å². The second-order valence-corrected chi connectivity index (χ2v) is 7.56. The van der Waals surface area contributed by atoms with Crippen LogP contribution in [0.4, 0.5) is 10.1 Å². The number of halogens is 1. The van der Waals surface area contributed by atoms with Crippen LogP contribution in [0.2, 0.25) is 0 Å². The highest BCUT2D eigenvalue weighted by Crippen LogP contribution is 2.44. The minimum atomic E-state index is -2.05. The molecule has 3 aromatic carbocycles. The minimum absolute atomic E-state index is 0.0654. The van der Waals surface area contributed by atoms with Gasteiger partial charge in [-0.15, -0.1) is 0 Å². The maximum Gasteiger partial charge on any atom is 0.264 e. The number of carbonyl (C=O) groups is 2. The molecule has 3 aromatic rings. The van der Waals surface area contributed by atoms with E-state index < -0.39 is 29.5 Å². The van der Waals surface area contributed by atoms with E-state index in [-0.39, 0.29) is 17.9 Å². The number of Topliss-reactive ketones (excluding diaryl/α,β-unsaturated/α-hetero) is 1. The van der Waals surface area contributed by atoms with Crippen molar-refractivity contribution in [3.8, 4) is 11.5 Å². The molecule has 0 saturated carbocycles. The molecule has 1 aliphatic rings. The predicted octanol–water partition coefficient (Wildman–Crippen LogP) is 3.85. The van der Waals surface area contributed by atoms with Crippen molar-refractivity contribution in [2.45, 2.75) is 18.6 Å². The minimum Gasteiger partial charge on any atom is -0.497 e. The zero-order valence-electron chi connectivity index (χ0n) is 17.7. The Morgan fingerprint density at radius 1 is 1.03 bits per heavy atom. The van der Waals surface area contributed by atoms with Crippen molar-refractivity contribution in [2.75, 3.05) is 19.1 Å². The van der Waals surface area contributed by atoms with E-state index in [0.717, 1.165) is 0 Å². The Bertz CT molecular complexity index is 1190. The molecule has 6 nitrogen and oxygen atoms in total. The molecule has 32 heavy (non-hydrogen) atoms. The van der Waals surface area contributed by atoms with Crippen LogP contribution in [0.1, 0.15) is 27.9 Å². The van der Waals surface area contributed by atoms with Gasteiger partial charge in [0.15, 0.2) is 11.4 Å². The Morgan fingerprint density at radius 2 is 1.81 bits per heavy atom. The number of para-hydroxylation sites is 1. The summed E-state index contributed by atoms with van der Waals surface area (Å²) in [5.41, 5.74) is -0.427. The molecule has 0 unspecified atom stereocenters. The zero-order valence-corrected chi connectivity index (χ0v) is 17.7. The number of fused-ring (bicyclic) bond motifs is 1. The molecule has 1 atom stereocenters. The quantitative estimate of drug-likeness (QED) is 0.571. The monoisotopic (exact) mass is 435 g/mol. The average Bonchev–Trinajstić information content (AvgIpc) is 3.00. The molecule has 164 valence electrons. The molecular weight excluding hydrogens is 413 g/mol. The topological polar surface area (TPSA) is 76.1 Å². The number of carbonyl (C=O) groups excluding carboxylic acids is 2. The first-order valence-electron chi connectivity index (χ1n) is 10.0. The van der Waals surface area contributed by atoms with Crippen LogP contribution in [0, 0.1) is 5.82 Å². The van der Waals surface area contributed by atoms with E-state index in [1.165, 1.54) is 31.3 Å². The average molecular weight is 435 g/mol. The Hall–Kier alpha value is -3.71. The molecule has 0 saturated heterocycles. The van der Waals surface area contributed by atoms with Crippen LogP contribution in [0.15, 0.2) is 66.7 Å². The van der Waals surface area contributed by atoms with Crippen molar-refractivity contribution in [1.82, 2.24) is 0 Å². The third-order valence-electron chi connectivity index (χ3n) is 5.59. The lowest BCUT2D eigenvalue weighted by Crippen LogP contribution is -2.41. The van der Waals surface area contributed by atoms with Gasteiger partial charge in [0.1, 0.15) is 17.3 Å². The van der Waals surface area contributed by atoms with Crippen molar-refractivity contribution in [1.29, 1.82) is 0 Å². The van der Waals surface area contributed by atoms with Gasteiger partial charge in [0.25, 0.3) is 5.91 Å². The van der Waals surface area contributed by atoms with Gasteiger partial charge in [-0.3, -0.25) is 9.59 Å². The second-order valence-electron chi connectivity index (χ2n) is 7.56. The lowest BCUT2D eigenvalue weighted by Gasteiger charge is -2.23. The van der Waals surface area contributed by atoms with E-state index in [9.17, 15) is 19.1 Å². The number of aliphatic hydroxyl groups is 1. The lowest BCUT2D eigenvalue weighted by molar-refractivity contribution is -0.136. The maximum atomic E-state index is 13.7. The third-order valence-corrected chi connectivity index (χ3v) is 5.59. The molecule has 4 rings (SSSR count). The van der Waals surface area contributed by atoms with E-state index in [4.69, 9.17) is 9.47 Å². The van der Waals surface area contributed by atoms with Gasteiger partial charge in [-0.25, -0.2) is 4.39 Å². The summed E-state index contributed by atoms with van der Waals surface area (Å²) < 4.78 is 24.1. The van der Waals surface area contributed by atoms with E-state index in [0.29, 0.717) is 22.6 Å². The predicted molar refractivity (Wildman–Crippen MR) is 116 cm³/mol. The fourth-order valence-electron chi connectivity index (χ4n) is 4.01. The summed E-state index contributed by atoms with van der Waals surface area (Å²) >= 11 is 0. The largest absolute Gasteiger partial charge is 0.497 e. The SMILES string of the molecule is COc1ccc(C(=O)C[C@]2(O)C(=O)N(Cc3cccc(F)c3)c3ccccc32)c(OC)c1. The van der Waals surface area contributed by atoms with Gasteiger partial charge >= 0.3 is 0 Å². The summed E-state index contributed by atoms with van der Waals surface area (Å²) in [6.07, 6.45) is -0.467. The highest BCUT2D eigenvalue weighted by molar-refractivity contribution is 6.11. The Morgan fingerprint density at radius 3 is 2.53 bits per heavy atom. The molecule has 1 heterocycles. The normalized spacial score (nSPS) is 17.2. The number of amides is 1. The summed E-state index contributed by atoms with van der Waals surface area (Å²) in [5.74, 6) is -0.708. The summed E-state index contributed by atoms with van der Waals surface area (Å²) in [5, 5.41) is 11.5. The standard InChI is InChI=1S/C25H22FNO5/c1-31-18-10-11-19(23(13-18)32-2)22(28)14-25(30)20-8-3-4-9-21(20)27(24(25)29)15-16-6-5-7-17(26)12-16/h3-13,30H,14-15H2,1-2H3/t25-/m1/s1. The van der Waals surface area contributed by atoms with Crippen LogP contribution >= 0.6 is 0 Å². The third kappa shape index (κ3) is 3.71. The van der Waals surface area contributed by atoms with Crippen molar-refractivity contribution in [3.63, 3.8) is 0 Å². The van der Waals surface area contributed by atoms with Gasteiger partial charge in [0.2, 0.25) is 0 Å². The van der Waals surface area contributed by atoms with Crippen molar-refractivity contribution >= 4 is 17.4 Å². The Balaban J connectivity index is 1.68. The molecule has 7 heteroatoms. The summed E-state index contributed by atoms with van der Waals surface area (Å²) in [6, 6.07) is 17.4. The first kappa shape index (κ1) is 21.5. The number of ketones is 1. The van der Waals surface area contributed by atoms with Gasteiger partial charge in [-0.05, 0) is 35.9 Å². The summed E-state index contributed by atoms with van der Waals surface area (Å²) in [4.78, 5) is 27.9. The number of nitrogens with zero attached hydrogens (tertiary/aromatic N) is 1.